The van der Waals surface area contributed by atoms with Crippen molar-refractivity contribution in [2.45, 2.75) is 0 Å². The zero-order valence-corrected chi connectivity index (χ0v) is 36.2. The summed E-state index contributed by atoms with van der Waals surface area (Å²) in [6, 6.07) is 93.8. The average Bonchev–Trinajstić information content (AvgIpc) is 3.79. The number of para-hydroxylation sites is 2. The van der Waals surface area contributed by atoms with Gasteiger partial charge in [-0.15, -0.1) is 0 Å². The Kier molecular flexibility index (Phi) is 9.89. The Morgan fingerprint density at radius 2 is 0.636 bits per heavy atom. The molecule has 66 heavy (non-hydrogen) atoms. The predicted octanol–water partition coefficient (Wildman–Crippen LogP) is 18.2. The standard InChI is InChI=1S/C64H43NO/c1-3-13-44(14-4-1)55-41-56(45-15-5-2-6-16-45)43-57(42-55)50-33-37-59(38-34-50)65(62-23-12-22-61-60-21-9-10-24-63(60)66-64(61)62)58-35-31-48(32-36-58)47-25-27-49(28-26-47)52-19-11-20-53(39-52)54-30-29-46-17-7-8-18-51(46)40-54/h1-43H. The van der Waals surface area contributed by atoms with E-state index < -0.39 is 0 Å². The van der Waals surface area contributed by atoms with Crippen molar-refractivity contribution in [3.63, 3.8) is 0 Å². The Balaban J connectivity index is 0.892. The number of benzene rings is 11. The second kappa shape index (κ2) is 16.8. The number of nitrogens with zero attached hydrogens (tertiary/aromatic N) is 1. The molecule has 2 heteroatoms. The van der Waals surface area contributed by atoms with Crippen molar-refractivity contribution >= 4 is 49.8 Å². The van der Waals surface area contributed by atoms with Crippen LogP contribution < -0.4 is 4.90 Å². The molecule has 0 spiro atoms. The number of anilines is 3. The van der Waals surface area contributed by atoms with Crippen LogP contribution in [0.1, 0.15) is 0 Å². The second-order valence-electron chi connectivity index (χ2n) is 16.9. The molecule has 0 aliphatic heterocycles. The minimum Gasteiger partial charge on any atom is -0.454 e. The molecule has 11 aromatic carbocycles. The van der Waals surface area contributed by atoms with E-state index in [0.29, 0.717) is 0 Å². The van der Waals surface area contributed by atoms with Crippen LogP contribution in [0.15, 0.2) is 265 Å². The minimum atomic E-state index is 0.857. The van der Waals surface area contributed by atoms with Crippen LogP contribution in [-0.4, -0.2) is 0 Å². The Bertz CT molecular complexity index is 3610. The minimum absolute atomic E-state index is 0.857. The quantitative estimate of drug-likeness (QED) is 0.144. The molecule has 0 aliphatic rings. The van der Waals surface area contributed by atoms with Gasteiger partial charge < -0.3 is 9.32 Å². The van der Waals surface area contributed by atoms with Crippen molar-refractivity contribution in [2.75, 3.05) is 4.90 Å². The Labute approximate surface area is 384 Å². The number of hydrogen-bond acceptors (Lipinski definition) is 2. The van der Waals surface area contributed by atoms with E-state index in [1.54, 1.807) is 0 Å². The zero-order chi connectivity index (χ0) is 43.8. The Morgan fingerprint density at radius 3 is 1.26 bits per heavy atom. The lowest BCUT2D eigenvalue weighted by atomic mass is 9.93. The summed E-state index contributed by atoms with van der Waals surface area (Å²) >= 11 is 0. The molecule has 0 saturated carbocycles. The molecular formula is C64H43NO. The molecule has 310 valence electrons. The molecular weight excluding hydrogens is 799 g/mol. The van der Waals surface area contributed by atoms with E-state index in [2.05, 4.69) is 254 Å². The monoisotopic (exact) mass is 841 g/mol. The van der Waals surface area contributed by atoms with E-state index in [-0.39, 0.29) is 0 Å². The van der Waals surface area contributed by atoms with Gasteiger partial charge in [-0.25, -0.2) is 0 Å². The number of fused-ring (bicyclic) bond motifs is 4. The zero-order valence-electron chi connectivity index (χ0n) is 36.2. The summed E-state index contributed by atoms with van der Waals surface area (Å²) < 4.78 is 6.66. The summed E-state index contributed by atoms with van der Waals surface area (Å²) in [6.07, 6.45) is 0. The summed E-state index contributed by atoms with van der Waals surface area (Å²) in [7, 11) is 0. The maximum atomic E-state index is 6.66. The van der Waals surface area contributed by atoms with E-state index in [1.165, 1.54) is 66.4 Å². The highest BCUT2D eigenvalue weighted by molar-refractivity contribution is 6.10. The topological polar surface area (TPSA) is 16.4 Å². The van der Waals surface area contributed by atoms with Crippen LogP contribution in [0.25, 0.3) is 99.5 Å². The van der Waals surface area contributed by atoms with Crippen molar-refractivity contribution in [1.29, 1.82) is 0 Å². The predicted molar refractivity (Wildman–Crippen MR) is 279 cm³/mol. The molecule has 0 bridgehead atoms. The van der Waals surface area contributed by atoms with Gasteiger partial charge in [-0.1, -0.05) is 194 Å². The fourth-order valence-corrected chi connectivity index (χ4v) is 9.43. The second-order valence-corrected chi connectivity index (χ2v) is 16.9. The molecule has 0 atom stereocenters. The highest BCUT2D eigenvalue weighted by Crippen LogP contribution is 2.43. The van der Waals surface area contributed by atoms with E-state index in [9.17, 15) is 0 Å². The highest BCUT2D eigenvalue weighted by Gasteiger charge is 2.20. The van der Waals surface area contributed by atoms with E-state index in [4.69, 9.17) is 4.42 Å². The van der Waals surface area contributed by atoms with Crippen LogP contribution in [0.5, 0.6) is 0 Å². The SMILES string of the molecule is c1ccc(-c2cc(-c3ccccc3)cc(-c3ccc(N(c4ccc(-c5ccc(-c6cccc(-c7ccc8ccccc8c7)c6)cc5)cc4)c4cccc5c4oc4ccccc45)cc3)c2)cc1. The van der Waals surface area contributed by atoms with Gasteiger partial charge in [0, 0.05) is 22.1 Å². The molecule has 12 rings (SSSR count). The molecule has 1 aromatic heterocycles. The van der Waals surface area contributed by atoms with Gasteiger partial charge >= 0.3 is 0 Å². The van der Waals surface area contributed by atoms with E-state index in [0.717, 1.165) is 50.1 Å². The largest absolute Gasteiger partial charge is 0.454 e. The molecule has 0 aliphatic carbocycles. The van der Waals surface area contributed by atoms with Gasteiger partial charge in [-0.2, -0.15) is 0 Å². The van der Waals surface area contributed by atoms with E-state index in [1.807, 2.05) is 12.1 Å². The van der Waals surface area contributed by atoms with Crippen LogP contribution in [0.3, 0.4) is 0 Å². The van der Waals surface area contributed by atoms with Gasteiger partial charge in [-0.05, 0) is 144 Å². The molecule has 1 heterocycles. The first kappa shape index (κ1) is 38.9. The van der Waals surface area contributed by atoms with Crippen LogP contribution in [0.2, 0.25) is 0 Å². The van der Waals surface area contributed by atoms with Crippen LogP contribution in [-0.2, 0) is 0 Å². The van der Waals surface area contributed by atoms with E-state index >= 15 is 0 Å². The smallest absolute Gasteiger partial charge is 0.159 e. The number of rotatable bonds is 9. The number of hydrogen-bond donors (Lipinski definition) is 0. The van der Waals surface area contributed by atoms with Gasteiger partial charge in [0.1, 0.15) is 5.58 Å². The van der Waals surface area contributed by atoms with Crippen molar-refractivity contribution in [3.8, 4) is 66.8 Å². The Morgan fingerprint density at radius 1 is 0.242 bits per heavy atom. The number of furan rings is 1. The van der Waals surface area contributed by atoms with Crippen LogP contribution in [0.4, 0.5) is 17.1 Å². The van der Waals surface area contributed by atoms with Crippen molar-refractivity contribution < 1.29 is 4.42 Å². The molecule has 2 nitrogen and oxygen atoms in total. The molecule has 0 N–H and O–H groups in total. The first-order valence-electron chi connectivity index (χ1n) is 22.6. The molecule has 12 aromatic rings. The third-order valence-corrected chi connectivity index (χ3v) is 12.9. The molecule has 0 radical (unpaired) electrons. The Hall–Kier alpha value is -8.72. The average molecular weight is 842 g/mol. The molecule has 0 unspecified atom stereocenters. The summed E-state index contributed by atoms with van der Waals surface area (Å²) in [5, 5.41) is 4.71. The van der Waals surface area contributed by atoms with Crippen molar-refractivity contribution in [3.05, 3.63) is 261 Å². The summed E-state index contributed by atoms with van der Waals surface area (Å²) in [4.78, 5) is 2.32. The lowest BCUT2D eigenvalue weighted by Gasteiger charge is -2.26. The third kappa shape index (κ3) is 7.41. The van der Waals surface area contributed by atoms with Gasteiger partial charge in [0.25, 0.3) is 0 Å². The van der Waals surface area contributed by atoms with Crippen molar-refractivity contribution in [1.82, 2.24) is 0 Å². The maximum Gasteiger partial charge on any atom is 0.159 e. The molecule has 0 fully saturated rings. The van der Waals surface area contributed by atoms with Crippen LogP contribution in [0, 0.1) is 0 Å². The highest BCUT2D eigenvalue weighted by atomic mass is 16.3. The lowest BCUT2D eigenvalue weighted by molar-refractivity contribution is 0.669. The van der Waals surface area contributed by atoms with Crippen LogP contribution >= 0.6 is 0 Å². The molecule has 0 saturated heterocycles. The fraction of sp³-hybridized carbons (Fsp3) is 0. The first-order valence-corrected chi connectivity index (χ1v) is 22.6. The third-order valence-electron chi connectivity index (χ3n) is 12.9. The summed E-state index contributed by atoms with van der Waals surface area (Å²) in [5.41, 5.74) is 19.0. The van der Waals surface area contributed by atoms with Crippen molar-refractivity contribution in [2.24, 2.45) is 0 Å². The summed E-state index contributed by atoms with van der Waals surface area (Å²) in [6.45, 7) is 0. The van der Waals surface area contributed by atoms with Gasteiger partial charge in [0.05, 0.1) is 5.69 Å². The normalized spacial score (nSPS) is 11.3. The lowest BCUT2D eigenvalue weighted by Crippen LogP contribution is -2.10. The van der Waals surface area contributed by atoms with Gasteiger partial charge in [0.2, 0.25) is 0 Å². The maximum absolute atomic E-state index is 6.66. The summed E-state index contributed by atoms with van der Waals surface area (Å²) in [5.74, 6) is 0. The van der Waals surface area contributed by atoms with Gasteiger partial charge in [0.15, 0.2) is 5.58 Å². The molecule has 0 amide bonds. The van der Waals surface area contributed by atoms with Gasteiger partial charge in [-0.3, -0.25) is 0 Å². The fourth-order valence-electron chi connectivity index (χ4n) is 9.43. The first-order chi connectivity index (χ1) is 32.7.